The van der Waals surface area contributed by atoms with Crippen molar-refractivity contribution in [2.24, 2.45) is 11.7 Å². The number of carbonyl (C=O) groups excluding carboxylic acids is 1. The largest absolute Gasteiger partial charge is 0.477 e. The number of aromatic nitrogens is 1. The van der Waals surface area contributed by atoms with Crippen LogP contribution in [0.25, 0.3) is 0 Å². The van der Waals surface area contributed by atoms with E-state index in [0.29, 0.717) is 24.0 Å². The normalized spacial score (nSPS) is 16.4. The second kappa shape index (κ2) is 6.35. The molecule has 0 saturated carbocycles. The van der Waals surface area contributed by atoms with Gasteiger partial charge in [0.25, 0.3) is 5.91 Å². The number of ether oxygens (including phenoxy) is 1. The Morgan fingerprint density at radius 2 is 2.28 bits per heavy atom. The van der Waals surface area contributed by atoms with Gasteiger partial charge in [-0.05, 0) is 50.4 Å². The molecule has 5 nitrogen and oxygen atoms in total. The van der Waals surface area contributed by atoms with E-state index >= 15 is 0 Å². The van der Waals surface area contributed by atoms with Crippen molar-refractivity contribution in [1.82, 2.24) is 10.3 Å². The lowest BCUT2D eigenvalue weighted by molar-refractivity contribution is 0.0995. The van der Waals surface area contributed by atoms with Crippen molar-refractivity contribution in [1.29, 1.82) is 0 Å². The third-order valence-electron chi connectivity index (χ3n) is 3.26. The van der Waals surface area contributed by atoms with Crippen molar-refractivity contribution < 1.29 is 9.53 Å². The predicted octanol–water partition coefficient (Wildman–Crippen LogP) is 0.949. The fourth-order valence-corrected chi connectivity index (χ4v) is 2.19. The number of rotatable bonds is 5. The topological polar surface area (TPSA) is 77.2 Å². The lowest BCUT2D eigenvalue weighted by Crippen LogP contribution is -2.28. The monoisotopic (exact) mass is 249 g/mol. The van der Waals surface area contributed by atoms with Crippen LogP contribution in [0.15, 0.2) is 18.3 Å². The third kappa shape index (κ3) is 3.43. The number of amides is 1. The summed E-state index contributed by atoms with van der Waals surface area (Å²) < 4.78 is 5.57. The van der Waals surface area contributed by atoms with Crippen molar-refractivity contribution in [2.45, 2.75) is 19.3 Å². The number of hydrogen-bond acceptors (Lipinski definition) is 4. The first-order chi connectivity index (χ1) is 8.77. The van der Waals surface area contributed by atoms with Crippen molar-refractivity contribution in [3.8, 4) is 5.88 Å². The molecule has 1 amide bonds. The van der Waals surface area contributed by atoms with Crippen LogP contribution < -0.4 is 15.8 Å². The summed E-state index contributed by atoms with van der Waals surface area (Å²) in [7, 11) is 0. The molecule has 0 atom stereocenters. The fourth-order valence-electron chi connectivity index (χ4n) is 2.19. The average molecular weight is 249 g/mol. The lowest BCUT2D eigenvalue weighted by Gasteiger charge is -2.22. The summed E-state index contributed by atoms with van der Waals surface area (Å²) in [5.41, 5.74) is 5.61. The highest BCUT2D eigenvalue weighted by Gasteiger charge is 2.14. The summed E-state index contributed by atoms with van der Waals surface area (Å²) in [6.07, 6.45) is 4.98. The molecule has 18 heavy (non-hydrogen) atoms. The molecule has 0 aliphatic carbocycles. The minimum Gasteiger partial charge on any atom is -0.477 e. The third-order valence-corrected chi connectivity index (χ3v) is 3.26. The van der Waals surface area contributed by atoms with Gasteiger partial charge in [0.1, 0.15) is 5.56 Å². The molecular weight excluding hydrogens is 230 g/mol. The molecule has 0 unspecified atom stereocenters. The molecule has 0 radical (unpaired) electrons. The Hall–Kier alpha value is -1.62. The van der Waals surface area contributed by atoms with Crippen LogP contribution >= 0.6 is 0 Å². The van der Waals surface area contributed by atoms with Gasteiger partial charge in [-0.2, -0.15) is 0 Å². The van der Waals surface area contributed by atoms with Crippen LogP contribution in [-0.2, 0) is 0 Å². The van der Waals surface area contributed by atoms with Crippen LogP contribution in [0.3, 0.4) is 0 Å². The summed E-state index contributed by atoms with van der Waals surface area (Å²) in [4.78, 5) is 15.2. The maximum absolute atomic E-state index is 11.2. The van der Waals surface area contributed by atoms with Crippen LogP contribution in [0.5, 0.6) is 5.88 Å². The Morgan fingerprint density at radius 3 is 3.00 bits per heavy atom. The van der Waals surface area contributed by atoms with Gasteiger partial charge in [0.05, 0.1) is 6.61 Å². The second-order valence-electron chi connectivity index (χ2n) is 4.55. The van der Waals surface area contributed by atoms with E-state index in [4.69, 9.17) is 10.5 Å². The highest BCUT2D eigenvalue weighted by molar-refractivity contribution is 5.94. The molecule has 0 spiro atoms. The number of nitrogens with two attached hydrogens (primary N) is 1. The zero-order valence-electron chi connectivity index (χ0n) is 10.4. The Balaban J connectivity index is 1.84. The van der Waals surface area contributed by atoms with E-state index in [2.05, 4.69) is 10.3 Å². The van der Waals surface area contributed by atoms with Gasteiger partial charge in [-0.15, -0.1) is 0 Å². The number of hydrogen-bond donors (Lipinski definition) is 2. The molecule has 0 bridgehead atoms. The first kappa shape index (κ1) is 12.8. The number of pyridine rings is 1. The van der Waals surface area contributed by atoms with Crippen molar-refractivity contribution >= 4 is 5.91 Å². The molecule has 1 fully saturated rings. The smallest absolute Gasteiger partial charge is 0.254 e. The molecule has 1 aromatic heterocycles. The van der Waals surface area contributed by atoms with Crippen LogP contribution in [0.4, 0.5) is 0 Å². The molecule has 5 heteroatoms. The molecule has 0 aromatic carbocycles. The van der Waals surface area contributed by atoms with Gasteiger partial charge in [-0.1, -0.05) is 0 Å². The van der Waals surface area contributed by atoms with Gasteiger partial charge in [-0.3, -0.25) is 4.79 Å². The average Bonchev–Trinajstić information content (AvgIpc) is 2.40. The summed E-state index contributed by atoms with van der Waals surface area (Å²) in [5, 5.41) is 3.33. The Morgan fingerprint density at radius 1 is 1.50 bits per heavy atom. The van der Waals surface area contributed by atoms with E-state index in [1.54, 1.807) is 18.3 Å². The van der Waals surface area contributed by atoms with Gasteiger partial charge < -0.3 is 15.8 Å². The first-order valence-corrected chi connectivity index (χ1v) is 6.35. The van der Waals surface area contributed by atoms with Crippen LogP contribution in [0.1, 0.15) is 29.6 Å². The Labute approximate surface area is 107 Å². The molecule has 1 aromatic rings. The maximum Gasteiger partial charge on any atom is 0.254 e. The molecule has 3 N–H and O–H groups in total. The lowest BCUT2D eigenvalue weighted by atomic mass is 9.95. The molecule has 1 saturated heterocycles. The number of nitrogens with one attached hydrogen (secondary N) is 1. The molecule has 98 valence electrons. The summed E-state index contributed by atoms with van der Waals surface area (Å²) in [6, 6.07) is 3.31. The zero-order chi connectivity index (χ0) is 12.8. The highest BCUT2D eigenvalue weighted by Crippen LogP contribution is 2.18. The van der Waals surface area contributed by atoms with E-state index in [9.17, 15) is 4.79 Å². The highest BCUT2D eigenvalue weighted by atomic mass is 16.5. The number of piperidine rings is 1. The minimum atomic E-state index is -0.500. The molecule has 2 rings (SSSR count). The number of carbonyl (C=O) groups is 1. The molecule has 2 heterocycles. The van der Waals surface area contributed by atoms with E-state index < -0.39 is 5.91 Å². The SMILES string of the molecule is NC(=O)c1cccnc1OCCC1CCNCC1. The molecule has 1 aliphatic heterocycles. The summed E-state index contributed by atoms with van der Waals surface area (Å²) in [6.45, 7) is 2.75. The van der Waals surface area contributed by atoms with Gasteiger partial charge in [0, 0.05) is 6.20 Å². The van der Waals surface area contributed by atoms with E-state index in [1.165, 1.54) is 12.8 Å². The quantitative estimate of drug-likeness (QED) is 0.814. The molecular formula is C13H19N3O2. The zero-order valence-corrected chi connectivity index (χ0v) is 10.4. The fraction of sp³-hybridized carbons (Fsp3) is 0.538. The van der Waals surface area contributed by atoms with Crippen molar-refractivity contribution in [3.63, 3.8) is 0 Å². The first-order valence-electron chi connectivity index (χ1n) is 6.35. The predicted molar refractivity (Wildman–Crippen MR) is 68.5 cm³/mol. The van der Waals surface area contributed by atoms with Gasteiger partial charge in [0.2, 0.25) is 5.88 Å². The summed E-state index contributed by atoms with van der Waals surface area (Å²) in [5.74, 6) is 0.547. The van der Waals surface area contributed by atoms with Crippen LogP contribution in [0, 0.1) is 5.92 Å². The Bertz CT molecular complexity index is 403. The summed E-state index contributed by atoms with van der Waals surface area (Å²) >= 11 is 0. The van der Waals surface area contributed by atoms with E-state index in [1.807, 2.05) is 0 Å². The van der Waals surface area contributed by atoms with Crippen molar-refractivity contribution in [2.75, 3.05) is 19.7 Å². The van der Waals surface area contributed by atoms with Crippen LogP contribution in [-0.4, -0.2) is 30.6 Å². The van der Waals surface area contributed by atoms with Crippen molar-refractivity contribution in [3.05, 3.63) is 23.9 Å². The number of primary amides is 1. The second-order valence-corrected chi connectivity index (χ2v) is 4.55. The minimum absolute atomic E-state index is 0.346. The van der Waals surface area contributed by atoms with Gasteiger partial charge in [0.15, 0.2) is 0 Å². The van der Waals surface area contributed by atoms with Gasteiger partial charge in [-0.25, -0.2) is 4.98 Å². The number of nitrogens with zero attached hydrogens (tertiary/aromatic N) is 1. The molecule has 1 aliphatic rings. The standard InChI is InChI=1S/C13H19N3O2/c14-12(17)11-2-1-6-16-13(11)18-9-5-10-3-7-15-8-4-10/h1-2,6,10,15H,3-5,7-9H2,(H2,14,17). The van der Waals surface area contributed by atoms with E-state index in [-0.39, 0.29) is 0 Å². The van der Waals surface area contributed by atoms with E-state index in [0.717, 1.165) is 19.5 Å². The maximum atomic E-state index is 11.2. The Kier molecular flexibility index (Phi) is 4.52. The van der Waals surface area contributed by atoms with Crippen LogP contribution in [0.2, 0.25) is 0 Å². The van der Waals surface area contributed by atoms with Gasteiger partial charge >= 0.3 is 0 Å².